The lowest BCUT2D eigenvalue weighted by atomic mass is 10.1. The predicted octanol–water partition coefficient (Wildman–Crippen LogP) is 12.9. The highest BCUT2D eigenvalue weighted by molar-refractivity contribution is 7.92. The van der Waals surface area contributed by atoms with Gasteiger partial charge in [-0.2, -0.15) is 0 Å². The molecule has 0 radical (unpaired) electrons. The minimum atomic E-state index is -3.83. The monoisotopic (exact) mass is 924 g/mol. The molecule has 9 aromatic rings. The van der Waals surface area contributed by atoms with Crippen molar-refractivity contribution in [2.45, 2.75) is 29.4 Å². The van der Waals surface area contributed by atoms with Crippen LogP contribution in [0.4, 0.5) is 0 Å². The molecule has 0 amide bonds. The third-order valence-corrected chi connectivity index (χ3v) is 16.5. The van der Waals surface area contributed by atoms with Gasteiger partial charge in [0.1, 0.15) is 34.5 Å². The Morgan fingerprint density at radius 3 is 0.470 bits per heavy atom. The summed E-state index contributed by atoms with van der Waals surface area (Å²) in [4.78, 5) is 0.776. The van der Waals surface area contributed by atoms with Gasteiger partial charge >= 0.3 is 0 Å². The van der Waals surface area contributed by atoms with Crippen LogP contribution in [0.5, 0.6) is 34.5 Å². The van der Waals surface area contributed by atoms with Crippen molar-refractivity contribution in [2.75, 3.05) is 0 Å². The van der Waals surface area contributed by atoms with Gasteiger partial charge in [-0.25, -0.2) is 25.3 Å². The molecular weight excluding hydrogens is 889 g/mol. The second-order valence-corrected chi connectivity index (χ2v) is 21.2. The standard InChI is InChI=1S/C54H36O9S3/c55-64(56)49-25-7-40(8-26-49)37-1-13-43(14-2-37)61-46-19-31-52(32-20-46)65(57,58)50-27-9-41(10-28-50)38-5-17-45(18-6-38)63-48-23-35-54(36-24-48)66(59,60)51-29-11-42(12-30-51)39-3-15-44(16-4-39)62-47-21-33-53(64)34-22-47/h1-36H. The molecule has 0 N–H and O–H groups in total. The van der Waals surface area contributed by atoms with Crippen molar-refractivity contribution in [3.05, 3.63) is 218 Å². The largest absolute Gasteiger partial charge is 0.457 e. The van der Waals surface area contributed by atoms with Gasteiger partial charge in [0.2, 0.25) is 29.5 Å². The van der Waals surface area contributed by atoms with Crippen molar-refractivity contribution in [1.82, 2.24) is 0 Å². The third kappa shape index (κ3) is 8.48. The van der Waals surface area contributed by atoms with Crippen LogP contribution in [0.1, 0.15) is 0 Å². The fourth-order valence-electron chi connectivity index (χ4n) is 7.50. The minimum Gasteiger partial charge on any atom is -0.457 e. The zero-order valence-corrected chi connectivity index (χ0v) is 37.1. The first-order valence-electron chi connectivity index (χ1n) is 20.6. The highest BCUT2D eigenvalue weighted by atomic mass is 32.2. The highest BCUT2D eigenvalue weighted by Crippen LogP contribution is 2.34. The highest BCUT2D eigenvalue weighted by Gasteiger charge is 2.21. The van der Waals surface area contributed by atoms with Crippen LogP contribution < -0.4 is 14.2 Å². The summed E-state index contributed by atoms with van der Waals surface area (Å²) in [5.41, 5.74) is 4.96. The summed E-state index contributed by atoms with van der Waals surface area (Å²) in [5.74, 6) is 2.97. The smallest absolute Gasteiger partial charge is 0.206 e. The van der Waals surface area contributed by atoms with Gasteiger partial charge in [-0.05, 0) is 179 Å². The minimum absolute atomic E-state index is 0.117. The van der Waals surface area contributed by atoms with Crippen LogP contribution in [0.2, 0.25) is 0 Å². The molecule has 0 saturated heterocycles. The molecule has 0 unspecified atom stereocenters. The number of ether oxygens (including phenoxy) is 3. The van der Waals surface area contributed by atoms with E-state index in [1.54, 1.807) is 146 Å². The molecule has 0 aromatic heterocycles. The van der Waals surface area contributed by atoms with E-state index in [1.807, 2.05) is 36.4 Å². The summed E-state index contributed by atoms with van der Waals surface area (Å²) in [7, 11) is -11.5. The van der Waals surface area contributed by atoms with Gasteiger partial charge in [0.25, 0.3) is 0 Å². The number of rotatable bonds is 0. The van der Waals surface area contributed by atoms with Crippen molar-refractivity contribution < 1.29 is 39.5 Å². The van der Waals surface area contributed by atoms with E-state index < -0.39 is 29.5 Å². The summed E-state index contributed by atoms with van der Waals surface area (Å²) >= 11 is 0. The Balaban J connectivity index is 0.931. The van der Waals surface area contributed by atoms with E-state index in [0.29, 0.717) is 34.5 Å². The van der Waals surface area contributed by atoms with E-state index >= 15 is 0 Å². The zero-order valence-electron chi connectivity index (χ0n) is 34.7. The fourth-order valence-corrected chi connectivity index (χ4v) is 11.3. The zero-order chi connectivity index (χ0) is 45.5. The molecule has 9 aromatic carbocycles. The van der Waals surface area contributed by atoms with E-state index in [1.165, 1.54) is 36.4 Å². The average Bonchev–Trinajstić information content (AvgIpc) is 3.35. The van der Waals surface area contributed by atoms with Crippen LogP contribution in [0.3, 0.4) is 0 Å². The van der Waals surface area contributed by atoms with Gasteiger partial charge in [-0.15, -0.1) is 0 Å². The number of benzene rings is 9. The molecule has 0 fully saturated rings. The first-order valence-corrected chi connectivity index (χ1v) is 25.0. The van der Waals surface area contributed by atoms with E-state index in [0.717, 1.165) is 33.4 Å². The Hall–Kier alpha value is -7.77. The van der Waals surface area contributed by atoms with Crippen LogP contribution in [-0.4, -0.2) is 25.3 Å². The van der Waals surface area contributed by atoms with Gasteiger partial charge < -0.3 is 14.2 Å². The first-order chi connectivity index (χ1) is 31.9. The molecule has 12 heteroatoms. The Bertz CT molecular complexity index is 3160. The Morgan fingerprint density at radius 1 is 0.182 bits per heavy atom. The first kappa shape index (κ1) is 42.2. The molecule has 66 heavy (non-hydrogen) atoms. The van der Waals surface area contributed by atoms with E-state index in [-0.39, 0.29) is 29.4 Å². The van der Waals surface area contributed by atoms with Crippen molar-refractivity contribution >= 4 is 29.5 Å². The molecule has 0 saturated carbocycles. The fraction of sp³-hybridized carbons (Fsp3) is 0. The Kier molecular flexibility index (Phi) is 10.9. The normalized spacial score (nSPS) is 14.5. The predicted molar refractivity (Wildman–Crippen MR) is 252 cm³/mol. The van der Waals surface area contributed by atoms with Crippen molar-refractivity contribution in [3.63, 3.8) is 0 Å². The molecule has 16 heterocycles. The van der Waals surface area contributed by atoms with E-state index in [9.17, 15) is 25.3 Å². The maximum atomic E-state index is 13.6. The molecule has 0 atom stereocenters. The van der Waals surface area contributed by atoms with Gasteiger partial charge in [-0.1, -0.05) is 72.8 Å². The van der Waals surface area contributed by atoms with Crippen molar-refractivity contribution in [3.8, 4) is 67.9 Å². The molecule has 16 aliphatic heterocycles. The molecule has 9 nitrogen and oxygen atoms in total. The van der Waals surface area contributed by atoms with E-state index in [2.05, 4.69) is 0 Å². The summed E-state index contributed by atoms with van der Waals surface area (Å²) in [6.45, 7) is 0. The number of hydrogen-bond donors (Lipinski definition) is 0. The lowest BCUT2D eigenvalue weighted by Crippen LogP contribution is -2.02. The summed E-state index contributed by atoms with van der Waals surface area (Å²) in [5, 5.41) is 0. The Labute approximate surface area is 382 Å². The molecule has 25 rings (SSSR count). The molecule has 0 aliphatic carbocycles. The SMILES string of the molecule is O=S1(=O)c2ccc(cc2)Oc2ccc(cc2)-c2ccc(cc2)S(=O)(=O)c2ccc(cc2)Oc2ccc(cc2)-c2ccc(cc2)S(=O)(=O)c2ccc(cc2)Oc2ccc(cc2)-c2ccc1cc2. The molecule has 324 valence electrons. The van der Waals surface area contributed by atoms with Crippen LogP contribution in [0, 0.1) is 0 Å². The van der Waals surface area contributed by atoms with Crippen LogP contribution in [0.15, 0.2) is 248 Å². The topological polar surface area (TPSA) is 130 Å². The average molecular weight is 925 g/mol. The number of hydrogen-bond acceptors (Lipinski definition) is 9. The van der Waals surface area contributed by atoms with Gasteiger partial charge in [0, 0.05) is 0 Å². The van der Waals surface area contributed by atoms with Gasteiger partial charge in [0.05, 0.1) is 29.4 Å². The lowest BCUT2D eigenvalue weighted by molar-refractivity contribution is 0.482. The van der Waals surface area contributed by atoms with Gasteiger partial charge in [0.15, 0.2) is 0 Å². The second-order valence-electron chi connectivity index (χ2n) is 15.4. The third-order valence-electron chi connectivity index (χ3n) is 11.2. The van der Waals surface area contributed by atoms with Crippen LogP contribution in [0.25, 0.3) is 33.4 Å². The lowest BCUT2D eigenvalue weighted by Gasteiger charge is -2.11. The molecule has 16 aliphatic rings. The van der Waals surface area contributed by atoms with E-state index in [4.69, 9.17) is 14.2 Å². The number of sulfone groups is 3. The van der Waals surface area contributed by atoms with Crippen LogP contribution in [-0.2, 0) is 29.5 Å². The van der Waals surface area contributed by atoms with Gasteiger partial charge in [-0.3, -0.25) is 0 Å². The van der Waals surface area contributed by atoms with Crippen molar-refractivity contribution in [2.24, 2.45) is 0 Å². The maximum Gasteiger partial charge on any atom is 0.206 e. The quantitative estimate of drug-likeness (QED) is 0.146. The summed E-state index contributed by atoms with van der Waals surface area (Å²) < 4.78 is 99.6. The van der Waals surface area contributed by atoms with Crippen LogP contribution >= 0.6 is 0 Å². The Morgan fingerprint density at radius 2 is 0.303 bits per heavy atom. The summed E-state index contributed by atoms with van der Waals surface area (Å²) in [6.07, 6.45) is 0. The maximum absolute atomic E-state index is 13.6. The summed E-state index contributed by atoms with van der Waals surface area (Å²) in [6, 6.07) is 60.4. The molecular formula is C54H36O9S3. The molecule has 0 spiro atoms. The van der Waals surface area contributed by atoms with Crippen molar-refractivity contribution in [1.29, 1.82) is 0 Å². The second kappa shape index (κ2) is 17.0. The molecule has 18 bridgehead atoms.